The minimum absolute atomic E-state index is 0.0720. The third-order valence-electron chi connectivity index (χ3n) is 4.32. The SMILES string of the molecule is Fc1cccc(COc2ccc(Nc3ncnc4ccc(I)cc34)c[c]2[RaH])c1. The van der Waals surface area contributed by atoms with Crippen LogP contribution in [0.3, 0.4) is 0 Å². The Balaban J connectivity index is 1.53. The molecule has 0 radical (unpaired) electrons. The summed E-state index contributed by atoms with van der Waals surface area (Å²) < 4.78 is 21.6. The molecule has 0 aliphatic rings. The fourth-order valence-electron chi connectivity index (χ4n) is 2.94. The van der Waals surface area contributed by atoms with Crippen LogP contribution in [0.25, 0.3) is 10.9 Å². The third kappa shape index (κ3) is 4.82. The molecule has 4 rings (SSSR count). The Morgan fingerprint density at radius 2 is 1.93 bits per heavy atom. The monoisotopic (exact) mass is 697 g/mol. The van der Waals surface area contributed by atoms with Crippen LogP contribution in [0, 0.1) is 52.2 Å². The molecule has 0 spiro atoms. The number of aromatic nitrogens is 2. The summed E-state index contributed by atoms with van der Waals surface area (Å²) in [5.74, 6) is 1.40. The van der Waals surface area contributed by atoms with Gasteiger partial charge < -0.3 is 0 Å². The predicted molar refractivity (Wildman–Crippen MR) is 114 cm³/mol. The van der Waals surface area contributed by atoms with Gasteiger partial charge in [-0.15, -0.1) is 0 Å². The molecule has 1 aromatic heterocycles. The molecular formula is C21H15FIN3ORa. The molecule has 0 aliphatic carbocycles. The Hall–Kier alpha value is -1.27. The van der Waals surface area contributed by atoms with Crippen molar-refractivity contribution in [3.8, 4) is 5.75 Å². The van der Waals surface area contributed by atoms with Gasteiger partial charge >= 0.3 is 207 Å². The molecule has 28 heavy (non-hydrogen) atoms. The van der Waals surface area contributed by atoms with Crippen LogP contribution in [-0.4, -0.2) is 9.97 Å². The molecule has 0 aliphatic heterocycles. The van der Waals surface area contributed by atoms with Crippen molar-refractivity contribution in [2.45, 2.75) is 6.61 Å². The molecule has 0 unspecified atom stereocenters. The van der Waals surface area contributed by atoms with Crippen molar-refractivity contribution in [2.24, 2.45) is 0 Å². The van der Waals surface area contributed by atoms with Crippen LogP contribution in [0.15, 0.2) is 67.0 Å². The molecule has 4 aromatic rings. The summed E-state index contributed by atoms with van der Waals surface area (Å²) in [5.41, 5.74) is 2.70. The van der Waals surface area contributed by atoms with E-state index < -0.39 is 0 Å². The summed E-state index contributed by atoms with van der Waals surface area (Å²) in [4.78, 5) is 8.73. The van der Waals surface area contributed by atoms with E-state index in [4.69, 9.17) is 4.74 Å². The van der Waals surface area contributed by atoms with Crippen molar-refractivity contribution in [2.75, 3.05) is 5.32 Å². The van der Waals surface area contributed by atoms with Gasteiger partial charge in [0.2, 0.25) is 0 Å². The number of nitrogens with zero attached hydrogens (tertiary/aromatic N) is 2. The molecule has 1 N–H and O–H groups in total. The van der Waals surface area contributed by atoms with E-state index in [-0.39, 0.29) is 48.6 Å². The average Bonchev–Trinajstić information content (AvgIpc) is 2.68. The second-order valence-corrected chi connectivity index (χ2v) is 12.1. The van der Waals surface area contributed by atoms with Gasteiger partial charge in [-0.3, -0.25) is 0 Å². The molecule has 0 bridgehead atoms. The first-order valence-electron chi connectivity index (χ1n) is 8.74. The van der Waals surface area contributed by atoms with E-state index in [1.54, 1.807) is 12.4 Å². The number of ether oxygens (including phenoxy) is 1. The van der Waals surface area contributed by atoms with Gasteiger partial charge in [-0.1, -0.05) is 0 Å². The number of halogens is 2. The summed E-state index contributed by atoms with van der Waals surface area (Å²) in [5, 5.41) is 4.39. The summed E-state index contributed by atoms with van der Waals surface area (Å²) in [6.45, 7) is 0.357. The number of hydrogen-bond acceptors (Lipinski definition) is 4. The molecule has 0 saturated carbocycles. The van der Waals surface area contributed by atoms with E-state index >= 15 is 0 Å². The topological polar surface area (TPSA) is 47.0 Å². The molecule has 7 heteroatoms. The van der Waals surface area contributed by atoms with Gasteiger partial charge in [0.15, 0.2) is 0 Å². The fraction of sp³-hybridized carbons (Fsp3) is 0.0476. The first kappa shape index (κ1) is 20.0. The van der Waals surface area contributed by atoms with Gasteiger partial charge in [-0.25, -0.2) is 0 Å². The van der Waals surface area contributed by atoms with Gasteiger partial charge in [-0.05, 0) is 0 Å². The van der Waals surface area contributed by atoms with Crippen LogP contribution < -0.4 is 10.7 Å². The van der Waals surface area contributed by atoms with E-state index in [1.165, 1.54) is 12.7 Å². The maximum atomic E-state index is 13.3. The van der Waals surface area contributed by atoms with Crippen molar-refractivity contribution in [3.63, 3.8) is 0 Å². The molecule has 3 aromatic carbocycles. The zero-order chi connectivity index (χ0) is 19.5. The molecule has 0 saturated heterocycles. The number of rotatable bonds is 5. The van der Waals surface area contributed by atoms with Crippen molar-refractivity contribution in [3.05, 3.63) is 81.9 Å². The second-order valence-electron chi connectivity index (χ2n) is 6.41. The van der Waals surface area contributed by atoms with Crippen molar-refractivity contribution in [1.82, 2.24) is 9.97 Å². The van der Waals surface area contributed by atoms with E-state index in [1.807, 2.05) is 30.3 Å². The van der Waals surface area contributed by atoms with Gasteiger partial charge in [-0.2, -0.15) is 0 Å². The number of anilines is 2. The van der Waals surface area contributed by atoms with Gasteiger partial charge in [0.1, 0.15) is 0 Å². The number of nitrogens with one attached hydrogen (secondary N) is 1. The van der Waals surface area contributed by atoms with Gasteiger partial charge in [0.25, 0.3) is 0 Å². The summed E-state index contributed by atoms with van der Waals surface area (Å²) >= 11 is 2.36. The summed E-state index contributed by atoms with van der Waals surface area (Å²) in [6, 6.07) is 18.6. The Kier molecular flexibility index (Phi) is 6.46. The number of benzene rings is 3. The first-order valence-corrected chi connectivity index (χ1v) is 13.9. The Morgan fingerprint density at radius 3 is 2.75 bits per heavy atom. The van der Waals surface area contributed by atoms with E-state index in [9.17, 15) is 4.39 Å². The van der Waals surface area contributed by atoms with E-state index in [2.05, 4.69) is 50.0 Å². The van der Waals surface area contributed by atoms with E-state index in [0.717, 1.165) is 37.3 Å². The Morgan fingerprint density at radius 1 is 1.04 bits per heavy atom. The van der Waals surface area contributed by atoms with Crippen LogP contribution in [0.1, 0.15) is 5.56 Å². The molecule has 1 heterocycles. The van der Waals surface area contributed by atoms with Crippen LogP contribution >= 0.6 is 22.6 Å². The second kappa shape index (κ2) is 9.03. The van der Waals surface area contributed by atoms with Gasteiger partial charge in [0, 0.05) is 0 Å². The normalized spacial score (nSPS) is 10.8. The van der Waals surface area contributed by atoms with Crippen molar-refractivity contribution in [1.29, 1.82) is 0 Å². The van der Waals surface area contributed by atoms with E-state index in [0.29, 0.717) is 6.61 Å². The zero-order valence-corrected chi connectivity index (χ0v) is 25.5. The zero-order valence-electron chi connectivity index (χ0n) is 15.1. The standard InChI is InChI=1S/C21H14FIN3O.Ra.H/c22-15-3-1-2-14(10-15)12-27-18-7-5-17(6-8-18)26-21-19-11-16(23)4-9-20(19)24-13-25-21;;/h1-7,9-11,13H,12H2,(H,24,25,26);;. The predicted octanol–water partition coefficient (Wildman–Crippen LogP) is 4.60. The van der Waals surface area contributed by atoms with Crippen LogP contribution in [-0.2, 0) is 6.61 Å². The summed E-state index contributed by atoms with van der Waals surface area (Å²) in [6.07, 6.45) is 1.57. The maximum absolute atomic E-state index is 13.3. The summed E-state index contributed by atoms with van der Waals surface area (Å²) in [7, 11) is 0. The molecule has 0 fully saturated rings. The molecule has 136 valence electrons. The first-order chi connectivity index (χ1) is 13.6. The Labute approximate surface area is 204 Å². The number of fused-ring (bicyclic) bond motifs is 1. The Bertz CT molecular complexity index is 1160. The molecular weight excluding hydrogens is 682 g/mol. The third-order valence-corrected chi connectivity index (χ3v) is 8.20. The quantitative estimate of drug-likeness (QED) is 0.310. The average molecular weight is 697 g/mol. The molecule has 4 nitrogen and oxygen atoms in total. The van der Waals surface area contributed by atoms with Crippen LogP contribution in [0.5, 0.6) is 5.75 Å². The van der Waals surface area contributed by atoms with Crippen LogP contribution in [0.4, 0.5) is 15.9 Å². The minimum atomic E-state index is -0.246. The molecule has 0 atom stereocenters. The fourth-order valence-corrected chi connectivity index (χ4v) is 5.99. The van der Waals surface area contributed by atoms with Crippen molar-refractivity contribution >= 4 is 45.6 Å². The van der Waals surface area contributed by atoms with Crippen molar-refractivity contribution < 1.29 is 51.9 Å². The van der Waals surface area contributed by atoms with Crippen LogP contribution in [0.2, 0.25) is 0 Å². The number of hydrogen-bond donors (Lipinski definition) is 1. The molecule has 0 amide bonds. The van der Waals surface area contributed by atoms with Gasteiger partial charge in [0.05, 0.1) is 0 Å².